The monoisotopic (exact) mass is 340 g/mol. The van der Waals surface area contributed by atoms with Crippen molar-refractivity contribution in [2.75, 3.05) is 6.61 Å². The first-order chi connectivity index (χ1) is 12.1. The standard InChI is InChI=1S/C20H24N2O3/c1-3-25-17-12-18(23)22-11-7-6-10-16(22)19(17)20(24)21-13-15-9-5-4-8-14(15)2/h4-5,8-9,12H,3,6-7,10-11,13H2,1-2H3,(H,21,24). The Morgan fingerprint density at radius 3 is 2.84 bits per heavy atom. The van der Waals surface area contributed by atoms with E-state index in [9.17, 15) is 9.59 Å². The van der Waals surface area contributed by atoms with Crippen LogP contribution in [0.15, 0.2) is 35.1 Å². The van der Waals surface area contributed by atoms with E-state index in [-0.39, 0.29) is 11.5 Å². The van der Waals surface area contributed by atoms with Crippen molar-refractivity contribution in [3.05, 3.63) is 63.1 Å². The summed E-state index contributed by atoms with van der Waals surface area (Å²) >= 11 is 0. The number of ether oxygens (including phenoxy) is 1. The van der Waals surface area contributed by atoms with E-state index in [0.29, 0.717) is 31.0 Å². The number of nitrogens with one attached hydrogen (secondary N) is 1. The van der Waals surface area contributed by atoms with Crippen molar-refractivity contribution in [3.63, 3.8) is 0 Å². The molecule has 0 aliphatic carbocycles. The van der Waals surface area contributed by atoms with Gasteiger partial charge in [-0.25, -0.2) is 0 Å². The fourth-order valence-electron chi connectivity index (χ4n) is 3.32. The number of pyridine rings is 1. The van der Waals surface area contributed by atoms with Crippen molar-refractivity contribution in [3.8, 4) is 5.75 Å². The van der Waals surface area contributed by atoms with Crippen LogP contribution in [0.3, 0.4) is 0 Å². The summed E-state index contributed by atoms with van der Waals surface area (Å²) in [5.74, 6) is 0.209. The van der Waals surface area contributed by atoms with Crippen LogP contribution in [-0.2, 0) is 19.5 Å². The van der Waals surface area contributed by atoms with Crippen molar-refractivity contribution in [1.82, 2.24) is 9.88 Å². The Labute approximate surface area is 147 Å². The van der Waals surface area contributed by atoms with Crippen molar-refractivity contribution >= 4 is 5.91 Å². The molecule has 2 aromatic rings. The van der Waals surface area contributed by atoms with Gasteiger partial charge in [0.25, 0.3) is 11.5 Å². The Hall–Kier alpha value is -2.56. The minimum Gasteiger partial charge on any atom is -0.493 e. The smallest absolute Gasteiger partial charge is 0.257 e. The van der Waals surface area contributed by atoms with Crippen LogP contribution in [0.5, 0.6) is 5.75 Å². The molecule has 3 rings (SSSR count). The molecule has 1 N–H and O–H groups in total. The lowest BCUT2D eigenvalue weighted by molar-refractivity contribution is 0.0944. The second-order valence-electron chi connectivity index (χ2n) is 6.32. The number of carbonyl (C=O) groups is 1. The average Bonchev–Trinajstić information content (AvgIpc) is 2.61. The quantitative estimate of drug-likeness (QED) is 0.910. The van der Waals surface area contributed by atoms with Gasteiger partial charge in [-0.05, 0) is 44.2 Å². The van der Waals surface area contributed by atoms with Crippen LogP contribution in [0.25, 0.3) is 0 Å². The van der Waals surface area contributed by atoms with Crippen LogP contribution in [0.2, 0.25) is 0 Å². The van der Waals surface area contributed by atoms with Gasteiger partial charge in [0.15, 0.2) is 0 Å². The summed E-state index contributed by atoms with van der Waals surface area (Å²) in [5.41, 5.74) is 3.43. The Morgan fingerprint density at radius 1 is 1.28 bits per heavy atom. The third-order valence-electron chi connectivity index (χ3n) is 4.65. The van der Waals surface area contributed by atoms with E-state index in [1.165, 1.54) is 6.07 Å². The lowest BCUT2D eigenvalue weighted by atomic mass is 10.0. The first-order valence-electron chi connectivity index (χ1n) is 8.84. The number of rotatable bonds is 5. The van der Waals surface area contributed by atoms with Crippen molar-refractivity contribution < 1.29 is 9.53 Å². The number of nitrogens with zero attached hydrogens (tertiary/aromatic N) is 1. The normalized spacial score (nSPS) is 13.2. The number of fused-ring (bicyclic) bond motifs is 1. The molecule has 5 heteroatoms. The molecule has 1 aliphatic heterocycles. The van der Waals surface area contributed by atoms with E-state index in [0.717, 1.165) is 36.1 Å². The molecule has 1 aromatic heterocycles. The molecule has 0 radical (unpaired) electrons. The molecule has 1 amide bonds. The second-order valence-corrected chi connectivity index (χ2v) is 6.32. The maximum atomic E-state index is 12.9. The van der Waals surface area contributed by atoms with Crippen LogP contribution in [0.4, 0.5) is 0 Å². The van der Waals surface area contributed by atoms with E-state index in [1.54, 1.807) is 4.57 Å². The summed E-state index contributed by atoms with van der Waals surface area (Å²) < 4.78 is 7.32. The number of aryl methyl sites for hydroxylation is 1. The van der Waals surface area contributed by atoms with Gasteiger partial charge in [-0.1, -0.05) is 24.3 Å². The zero-order valence-corrected chi connectivity index (χ0v) is 14.8. The van der Waals surface area contributed by atoms with Gasteiger partial charge in [0.05, 0.1) is 6.61 Å². The maximum Gasteiger partial charge on any atom is 0.257 e. The van der Waals surface area contributed by atoms with E-state index in [2.05, 4.69) is 5.32 Å². The highest BCUT2D eigenvalue weighted by molar-refractivity contribution is 5.98. The van der Waals surface area contributed by atoms with Crippen LogP contribution in [0, 0.1) is 6.92 Å². The SMILES string of the molecule is CCOc1cc(=O)n2c(c1C(=O)NCc1ccccc1C)CCCC2. The van der Waals surface area contributed by atoms with E-state index in [4.69, 9.17) is 4.74 Å². The fourth-order valence-corrected chi connectivity index (χ4v) is 3.32. The number of amides is 1. The molecule has 25 heavy (non-hydrogen) atoms. The molecular weight excluding hydrogens is 316 g/mol. The molecule has 0 unspecified atom stereocenters. The lowest BCUT2D eigenvalue weighted by Gasteiger charge is -2.23. The zero-order valence-electron chi connectivity index (χ0n) is 14.8. The van der Waals surface area contributed by atoms with Gasteiger partial charge in [0, 0.05) is 24.8 Å². The Morgan fingerprint density at radius 2 is 2.08 bits per heavy atom. The average molecular weight is 340 g/mol. The van der Waals surface area contributed by atoms with Crippen LogP contribution < -0.4 is 15.6 Å². The summed E-state index contributed by atoms with van der Waals surface area (Å²) in [5, 5.41) is 2.99. The lowest BCUT2D eigenvalue weighted by Crippen LogP contribution is -2.33. The highest BCUT2D eigenvalue weighted by Gasteiger charge is 2.24. The predicted molar refractivity (Wildman–Crippen MR) is 97.2 cm³/mol. The summed E-state index contributed by atoms with van der Waals surface area (Å²) in [6.45, 7) is 5.42. The number of hydrogen-bond acceptors (Lipinski definition) is 3. The first kappa shape index (κ1) is 17.3. The summed E-state index contributed by atoms with van der Waals surface area (Å²) in [4.78, 5) is 25.2. The van der Waals surface area contributed by atoms with Gasteiger partial charge >= 0.3 is 0 Å². The topological polar surface area (TPSA) is 60.3 Å². The molecule has 0 atom stereocenters. The second kappa shape index (κ2) is 7.55. The van der Waals surface area contributed by atoms with Gasteiger partial charge in [0.1, 0.15) is 11.3 Å². The molecule has 0 bridgehead atoms. The molecule has 132 valence electrons. The Kier molecular flexibility index (Phi) is 5.22. The number of hydrogen-bond donors (Lipinski definition) is 1. The van der Waals surface area contributed by atoms with Gasteiger partial charge < -0.3 is 14.6 Å². The summed E-state index contributed by atoms with van der Waals surface area (Å²) in [6.07, 6.45) is 2.67. The fraction of sp³-hybridized carbons (Fsp3) is 0.400. The summed E-state index contributed by atoms with van der Waals surface area (Å²) in [6, 6.07) is 9.42. The number of carbonyl (C=O) groups excluding carboxylic acids is 1. The highest BCUT2D eigenvalue weighted by atomic mass is 16.5. The van der Waals surface area contributed by atoms with Crippen LogP contribution in [0.1, 0.15) is 46.9 Å². The first-order valence-corrected chi connectivity index (χ1v) is 8.84. The molecule has 0 fully saturated rings. The maximum absolute atomic E-state index is 12.9. The van der Waals surface area contributed by atoms with Gasteiger partial charge in [0.2, 0.25) is 0 Å². The third-order valence-corrected chi connectivity index (χ3v) is 4.65. The van der Waals surface area contributed by atoms with Gasteiger partial charge in [-0.15, -0.1) is 0 Å². The molecule has 1 aliphatic rings. The minimum atomic E-state index is -0.183. The van der Waals surface area contributed by atoms with Crippen LogP contribution >= 0.6 is 0 Å². The third kappa shape index (κ3) is 3.60. The van der Waals surface area contributed by atoms with Gasteiger partial charge in [-0.2, -0.15) is 0 Å². The zero-order chi connectivity index (χ0) is 17.8. The summed E-state index contributed by atoms with van der Waals surface area (Å²) in [7, 11) is 0. The van der Waals surface area contributed by atoms with E-state index >= 15 is 0 Å². The van der Waals surface area contributed by atoms with E-state index in [1.807, 2.05) is 38.1 Å². The molecule has 2 heterocycles. The largest absolute Gasteiger partial charge is 0.493 e. The molecular formula is C20H24N2O3. The van der Waals surface area contributed by atoms with Crippen LogP contribution in [-0.4, -0.2) is 17.1 Å². The van der Waals surface area contributed by atoms with Gasteiger partial charge in [-0.3, -0.25) is 9.59 Å². The Bertz CT molecular complexity index is 839. The predicted octanol–water partition coefficient (Wildman–Crippen LogP) is 2.82. The molecule has 0 spiro atoms. The molecule has 1 aromatic carbocycles. The molecule has 0 saturated carbocycles. The minimum absolute atomic E-state index is 0.0893. The number of benzene rings is 1. The Balaban J connectivity index is 1.93. The molecule has 5 nitrogen and oxygen atoms in total. The molecule has 0 saturated heterocycles. The highest BCUT2D eigenvalue weighted by Crippen LogP contribution is 2.25. The van der Waals surface area contributed by atoms with Crippen molar-refractivity contribution in [2.45, 2.75) is 46.2 Å². The number of aromatic nitrogens is 1. The van der Waals surface area contributed by atoms with Crippen molar-refractivity contribution in [2.24, 2.45) is 0 Å². The van der Waals surface area contributed by atoms with Crippen molar-refractivity contribution in [1.29, 1.82) is 0 Å². The van der Waals surface area contributed by atoms with E-state index < -0.39 is 0 Å².